The van der Waals surface area contributed by atoms with Gasteiger partial charge in [-0.1, -0.05) is 11.6 Å². The van der Waals surface area contributed by atoms with Gasteiger partial charge in [0.05, 0.1) is 15.9 Å². The van der Waals surface area contributed by atoms with Crippen LogP contribution < -0.4 is 9.80 Å². The molecule has 1 aliphatic heterocycles. The summed E-state index contributed by atoms with van der Waals surface area (Å²) in [7, 11) is 2.09. The van der Waals surface area contributed by atoms with Crippen molar-refractivity contribution < 1.29 is 0 Å². The summed E-state index contributed by atoms with van der Waals surface area (Å²) in [6.45, 7) is 4.09. The predicted molar refractivity (Wildman–Crippen MR) is 96.8 cm³/mol. The summed E-state index contributed by atoms with van der Waals surface area (Å²) in [5, 5.41) is 1.72. The molecule has 1 saturated heterocycles. The zero-order chi connectivity index (χ0) is 16.7. The minimum atomic E-state index is -0.0194. The van der Waals surface area contributed by atoms with Crippen molar-refractivity contribution in [3.05, 3.63) is 41.9 Å². The molecule has 1 N–H and O–H groups in total. The summed E-state index contributed by atoms with van der Waals surface area (Å²) in [5.74, 6) is 1.92. The van der Waals surface area contributed by atoms with E-state index in [1.54, 1.807) is 12.5 Å². The number of fused-ring (bicyclic) bond motifs is 1. The van der Waals surface area contributed by atoms with E-state index >= 15 is 0 Å². The van der Waals surface area contributed by atoms with Crippen molar-refractivity contribution in [2.45, 2.75) is 18.9 Å². The molecule has 1 unspecified atom stereocenters. The van der Waals surface area contributed by atoms with Gasteiger partial charge in [-0.05, 0) is 31.5 Å². The number of nitrogens with zero attached hydrogens (tertiary/aromatic N) is 5. The summed E-state index contributed by atoms with van der Waals surface area (Å²) in [5.41, 5.74) is 0.857. The number of nitrogens with one attached hydrogen (secondary N) is 1. The monoisotopic (exact) mass is 342 g/mol. The maximum absolute atomic E-state index is 5.95. The lowest BCUT2D eigenvalue weighted by atomic mass is 9.99. The number of H-pyrrole nitrogens is 1. The lowest BCUT2D eigenvalue weighted by Crippen LogP contribution is -2.46. The molecule has 3 aromatic heterocycles. The third kappa shape index (κ3) is 2.47. The van der Waals surface area contributed by atoms with E-state index in [0.717, 1.165) is 42.2 Å². The number of aromatic nitrogens is 4. The Balaban J connectivity index is 1.61. The van der Waals surface area contributed by atoms with Crippen LogP contribution in [0.2, 0.25) is 5.02 Å². The van der Waals surface area contributed by atoms with Gasteiger partial charge in [0, 0.05) is 32.5 Å². The molecule has 0 amide bonds. The predicted octanol–water partition coefficient (Wildman–Crippen LogP) is 3.11. The Morgan fingerprint density at radius 2 is 2.12 bits per heavy atom. The Kier molecular flexibility index (Phi) is 3.57. The molecule has 0 saturated carbocycles. The first kappa shape index (κ1) is 15.2. The molecular weight excluding hydrogens is 324 g/mol. The van der Waals surface area contributed by atoms with E-state index in [2.05, 4.69) is 43.7 Å². The van der Waals surface area contributed by atoms with Crippen LogP contribution in [0.4, 0.5) is 11.6 Å². The van der Waals surface area contributed by atoms with Crippen molar-refractivity contribution in [1.29, 1.82) is 0 Å². The van der Waals surface area contributed by atoms with Crippen LogP contribution in [0.3, 0.4) is 0 Å². The van der Waals surface area contributed by atoms with Crippen molar-refractivity contribution >= 4 is 34.3 Å². The van der Waals surface area contributed by atoms with Crippen LogP contribution in [0.15, 0.2) is 36.9 Å². The number of halogens is 1. The average Bonchev–Trinajstić information content (AvgIpc) is 3.22. The first-order chi connectivity index (χ1) is 11.6. The second-order valence-corrected chi connectivity index (χ2v) is 6.94. The highest BCUT2D eigenvalue weighted by molar-refractivity contribution is 6.30. The third-order valence-corrected chi connectivity index (χ3v) is 5.17. The fourth-order valence-corrected chi connectivity index (χ4v) is 3.47. The highest BCUT2D eigenvalue weighted by Gasteiger charge is 2.39. The SMILES string of the molecule is CN(c1ccc(Cl)cn1)C1(C)CCN(c2ncnc3[nH]ccc23)C1. The van der Waals surface area contributed by atoms with Gasteiger partial charge in [-0.25, -0.2) is 15.0 Å². The van der Waals surface area contributed by atoms with E-state index in [4.69, 9.17) is 11.6 Å². The molecule has 7 heteroatoms. The molecule has 6 nitrogen and oxygen atoms in total. The number of hydrogen-bond donors (Lipinski definition) is 1. The van der Waals surface area contributed by atoms with E-state index in [0.29, 0.717) is 5.02 Å². The number of rotatable bonds is 3. The molecule has 4 rings (SSSR count). The summed E-state index contributed by atoms with van der Waals surface area (Å²) in [6.07, 6.45) is 6.25. The summed E-state index contributed by atoms with van der Waals surface area (Å²) in [4.78, 5) is 20.9. The normalized spacial score (nSPS) is 20.7. The fraction of sp³-hybridized carbons (Fsp3) is 0.353. The second kappa shape index (κ2) is 5.63. The first-order valence-corrected chi connectivity index (χ1v) is 8.33. The second-order valence-electron chi connectivity index (χ2n) is 6.50. The molecule has 1 atom stereocenters. The molecule has 1 aliphatic rings. The lowest BCUT2D eigenvalue weighted by Gasteiger charge is -2.36. The molecule has 0 aromatic carbocycles. The highest BCUT2D eigenvalue weighted by Crippen LogP contribution is 2.34. The van der Waals surface area contributed by atoms with Crippen LogP contribution in [-0.2, 0) is 0 Å². The first-order valence-electron chi connectivity index (χ1n) is 7.95. The summed E-state index contributed by atoms with van der Waals surface area (Å²) >= 11 is 5.95. The van der Waals surface area contributed by atoms with Crippen molar-refractivity contribution in [2.24, 2.45) is 0 Å². The molecule has 0 aliphatic carbocycles. The maximum atomic E-state index is 5.95. The van der Waals surface area contributed by atoms with Gasteiger partial charge in [0.2, 0.25) is 0 Å². The number of likely N-dealkylation sites (N-methyl/N-ethyl adjacent to an activating group) is 1. The van der Waals surface area contributed by atoms with Crippen molar-refractivity contribution in [1.82, 2.24) is 19.9 Å². The molecular formula is C17H19ClN6. The van der Waals surface area contributed by atoms with Crippen LogP contribution in [0, 0.1) is 0 Å². The number of anilines is 2. The van der Waals surface area contributed by atoms with Crippen LogP contribution in [0.5, 0.6) is 0 Å². The standard InChI is InChI=1S/C17H19ClN6/c1-17(23(2)14-4-3-12(18)9-20-14)6-8-24(10-17)16-13-5-7-19-15(13)21-11-22-16/h3-5,7,9,11H,6,8,10H2,1-2H3,(H,19,21,22). The Morgan fingerprint density at radius 3 is 2.92 bits per heavy atom. The van der Waals surface area contributed by atoms with Crippen LogP contribution >= 0.6 is 11.6 Å². The van der Waals surface area contributed by atoms with Crippen molar-refractivity contribution in [3.8, 4) is 0 Å². The minimum Gasteiger partial charge on any atom is -0.354 e. The average molecular weight is 343 g/mol. The van der Waals surface area contributed by atoms with Crippen LogP contribution in [0.25, 0.3) is 11.0 Å². The molecule has 1 fully saturated rings. The van der Waals surface area contributed by atoms with E-state index in [1.165, 1.54) is 0 Å². The van der Waals surface area contributed by atoms with E-state index in [-0.39, 0.29) is 5.54 Å². The van der Waals surface area contributed by atoms with Gasteiger partial charge in [0.15, 0.2) is 0 Å². The molecule has 0 spiro atoms. The van der Waals surface area contributed by atoms with Crippen molar-refractivity contribution in [3.63, 3.8) is 0 Å². The Hall–Kier alpha value is -2.34. The summed E-state index contributed by atoms with van der Waals surface area (Å²) in [6, 6.07) is 5.88. The molecule has 0 bridgehead atoms. The highest BCUT2D eigenvalue weighted by atomic mass is 35.5. The smallest absolute Gasteiger partial charge is 0.142 e. The van der Waals surface area contributed by atoms with Gasteiger partial charge in [-0.3, -0.25) is 0 Å². The zero-order valence-electron chi connectivity index (χ0n) is 13.7. The van der Waals surface area contributed by atoms with Crippen molar-refractivity contribution in [2.75, 3.05) is 29.9 Å². The van der Waals surface area contributed by atoms with Gasteiger partial charge in [0.25, 0.3) is 0 Å². The molecule has 124 valence electrons. The number of aromatic amines is 1. The van der Waals surface area contributed by atoms with E-state index in [1.807, 2.05) is 24.4 Å². The molecule has 4 heterocycles. The maximum Gasteiger partial charge on any atom is 0.142 e. The zero-order valence-corrected chi connectivity index (χ0v) is 14.5. The Bertz CT molecular complexity index is 861. The van der Waals surface area contributed by atoms with Crippen LogP contribution in [-0.4, -0.2) is 45.6 Å². The molecule has 0 radical (unpaired) electrons. The van der Waals surface area contributed by atoms with Gasteiger partial charge in [-0.15, -0.1) is 0 Å². The van der Waals surface area contributed by atoms with E-state index in [9.17, 15) is 0 Å². The lowest BCUT2D eigenvalue weighted by molar-refractivity contribution is 0.487. The number of hydrogen-bond acceptors (Lipinski definition) is 5. The fourth-order valence-electron chi connectivity index (χ4n) is 3.35. The molecule has 24 heavy (non-hydrogen) atoms. The third-order valence-electron chi connectivity index (χ3n) is 4.95. The van der Waals surface area contributed by atoms with Crippen LogP contribution in [0.1, 0.15) is 13.3 Å². The van der Waals surface area contributed by atoms with Gasteiger partial charge >= 0.3 is 0 Å². The Morgan fingerprint density at radius 1 is 1.25 bits per heavy atom. The number of pyridine rings is 1. The van der Waals surface area contributed by atoms with Gasteiger partial charge < -0.3 is 14.8 Å². The largest absolute Gasteiger partial charge is 0.354 e. The quantitative estimate of drug-likeness (QED) is 0.792. The molecule has 3 aromatic rings. The Labute approximate surface area is 145 Å². The van der Waals surface area contributed by atoms with Gasteiger partial charge in [0.1, 0.15) is 23.6 Å². The van der Waals surface area contributed by atoms with Gasteiger partial charge in [-0.2, -0.15) is 0 Å². The van der Waals surface area contributed by atoms with E-state index < -0.39 is 0 Å². The topological polar surface area (TPSA) is 60.9 Å². The minimum absolute atomic E-state index is 0.0194. The summed E-state index contributed by atoms with van der Waals surface area (Å²) < 4.78 is 0.